The van der Waals surface area contributed by atoms with Gasteiger partial charge in [-0.3, -0.25) is 20.4 Å². The average molecular weight is 386 g/mol. The lowest BCUT2D eigenvalue weighted by Gasteiger charge is -2.18. The highest BCUT2D eigenvalue weighted by atomic mass is 19.1. The molecule has 2 N–H and O–H groups in total. The van der Waals surface area contributed by atoms with Crippen molar-refractivity contribution < 1.29 is 28.2 Å². The van der Waals surface area contributed by atoms with Crippen LogP contribution >= 0.6 is 0 Å². The molecule has 8 heteroatoms. The Morgan fingerprint density at radius 1 is 1.07 bits per heavy atom. The normalized spacial score (nSPS) is 13.6. The highest BCUT2D eigenvalue weighted by molar-refractivity contribution is 5.93. The Balaban J connectivity index is 1.47. The lowest BCUT2D eigenvalue weighted by Crippen LogP contribution is -2.46. The summed E-state index contributed by atoms with van der Waals surface area (Å²) in [4.78, 5) is 23.9. The number of hydrazine groups is 1. The van der Waals surface area contributed by atoms with Gasteiger partial charge in [0.05, 0.1) is 0 Å². The van der Waals surface area contributed by atoms with E-state index in [0.29, 0.717) is 30.5 Å². The first-order valence-corrected chi connectivity index (χ1v) is 8.61. The van der Waals surface area contributed by atoms with Crippen LogP contribution < -0.4 is 25.1 Å². The molecule has 2 amide bonds. The fourth-order valence-corrected chi connectivity index (χ4v) is 2.37. The van der Waals surface area contributed by atoms with Gasteiger partial charge in [-0.15, -0.1) is 0 Å². The van der Waals surface area contributed by atoms with Crippen LogP contribution in [0.4, 0.5) is 4.39 Å². The van der Waals surface area contributed by atoms with Gasteiger partial charge in [0, 0.05) is 6.08 Å². The number of carbonyl (C=O) groups excluding carboxylic acids is 2. The summed E-state index contributed by atoms with van der Waals surface area (Å²) < 4.78 is 29.2. The standard InChI is InChI=1S/C20H19FN2O5/c1-13(28-16-6-4-15(21)5-7-16)20(25)23-22-19(24)9-3-14-2-8-17-18(12-14)27-11-10-26-17/h2-9,12-13H,10-11H2,1H3,(H,22,24)(H,23,25)/b9-3+/t13-/m1/s1. The summed E-state index contributed by atoms with van der Waals surface area (Å²) >= 11 is 0. The molecule has 0 saturated heterocycles. The van der Waals surface area contributed by atoms with E-state index in [4.69, 9.17) is 14.2 Å². The molecule has 0 aliphatic carbocycles. The second-order valence-corrected chi connectivity index (χ2v) is 5.93. The number of hydrogen-bond acceptors (Lipinski definition) is 5. The van der Waals surface area contributed by atoms with Crippen molar-refractivity contribution in [2.75, 3.05) is 13.2 Å². The van der Waals surface area contributed by atoms with Gasteiger partial charge < -0.3 is 14.2 Å². The first kappa shape index (κ1) is 19.2. The molecule has 0 spiro atoms. The lowest BCUT2D eigenvalue weighted by molar-refractivity contribution is -0.131. The van der Waals surface area contributed by atoms with Crippen LogP contribution in [0.3, 0.4) is 0 Å². The van der Waals surface area contributed by atoms with E-state index >= 15 is 0 Å². The van der Waals surface area contributed by atoms with Crippen LogP contribution in [0.5, 0.6) is 17.2 Å². The van der Waals surface area contributed by atoms with Gasteiger partial charge >= 0.3 is 0 Å². The molecule has 0 bridgehead atoms. The molecule has 28 heavy (non-hydrogen) atoms. The minimum atomic E-state index is -0.882. The predicted molar refractivity (Wildman–Crippen MR) is 99.2 cm³/mol. The van der Waals surface area contributed by atoms with Gasteiger partial charge in [0.1, 0.15) is 24.8 Å². The van der Waals surface area contributed by atoms with Crippen LogP contribution in [-0.4, -0.2) is 31.1 Å². The van der Waals surface area contributed by atoms with E-state index in [2.05, 4.69) is 10.9 Å². The molecule has 0 aromatic heterocycles. The largest absolute Gasteiger partial charge is 0.486 e. The molecule has 1 aliphatic rings. The maximum absolute atomic E-state index is 12.9. The van der Waals surface area contributed by atoms with Gasteiger partial charge in [0.25, 0.3) is 11.8 Å². The number of carbonyl (C=O) groups is 2. The van der Waals surface area contributed by atoms with Crippen LogP contribution in [-0.2, 0) is 9.59 Å². The Kier molecular flexibility index (Phi) is 6.11. The number of benzene rings is 2. The SMILES string of the molecule is C[C@@H](Oc1ccc(F)cc1)C(=O)NNC(=O)/C=C/c1ccc2c(c1)OCCO2. The quantitative estimate of drug-likeness (QED) is 0.608. The molecular formula is C20H19FN2O5. The molecule has 1 heterocycles. The molecule has 146 valence electrons. The summed E-state index contributed by atoms with van der Waals surface area (Å²) in [6.45, 7) is 2.49. The van der Waals surface area contributed by atoms with Crippen molar-refractivity contribution in [1.82, 2.24) is 10.9 Å². The number of hydrogen-bond donors (Lipinski definition) is 2. The van der Waals surface area contributed by atoms with Crippen molar-refractivity contribution >= 4 is 17.9 Å². The highest BCUT2D eigenvalue weighted by Crippen LogP contribution is 2.31. The molecule has 1 atom stereocenters. The van der Waals surface area contributed by atoms with Crippen molar-refractivity contribution in [1.29, 1.82) is 0 Å². The van der Waals surface area contributed by atoms with Crippen molar-refractivity contribution in [2.45, 2.75) is 13.0 Å². The molecule has 0 fully saturated rings. The van der Waals surface area contributed by atoms with E-state index in [1.165, 1.54) is 37.3 Å². The molecule has 0 saturated carbocycles. The van der Waals surface area contributed by atoms with Crippen LogP contribution in [0.15, 0.2) is 48.5 Å². The molecule has 0 unspecified atom stereocenters. The van der Waals surface area contributed by atoms with Crippen LogP contribution in [0, 0.1) is 5.82 Å². The molecular weight excluding hydrogens is 367 g/mol. The summed E-state index contributed by atoms with van der Waals surface area (Å²) in [5.74, 6) is 0.155. The summed E-state index contributed by atoms with van der Waals surface area (Å²) in [5, 5.41) is 0. The third-order valence-corrected chi connectivity index (χ3v) is 3.80. The fourth-order valence-electron chi connectivity index (χ4n) is 2.37. The van der Waals surface area contributed by atoms with Crippen LogP contribution in [0.25, 0.3) is 6.08 Å². The molecule has 1 aliphatic heterocycles. The van der Waals surface area contributed by atoms with Gasteiger partial charge in [-0.05, 0) is 55.0 Å². The van der Waals surface area contributed by atoms with Gasteiger partial charge in [0.15, 0.2) is 17.6 Å². The zero-order valence-electron chi connectivity index (χ0n) is 15.1. The van der Waals surface area contributed by atoms with Gasteiger partial charge in [-0.1, -0.05) is 6.07 Å². The molecule has 0 radical (unpaired) electrons. The summed E-state index contributed by atoms with van der Waals surface area (Å²) in [6, 6.07) is 10.6. The Morgan fingerprint density at radius 3 is 2.54 bits per heavy atom. The number of nitrogens with one attached hydrogen (secondary N) is 2. The lowest BCUT2D eigenvalue weighted by atomic mass is 10.2. The number of rotatable bonds is 5. The van der Waals surface area contributed by atoms with E-state index in [9.17, 15) is 14.0 Å². The number of ether oxygens (including phenoxy) is 3. The maximum atomic E-state index is 12.9. The van der Waals surface area contributed by atoms with Crippen LogP contribution in [0.2, 0.25) is 0 Å². The smallest absolute Gasteiger partial charge is 0.279 e. The summed E-state index contributed by atoms with van der Waals surface area (Å²) in [7, 11) is 0. The number of halogens is 1. The van der Waals surface area contributed by atoms with Gasteiger partial charge in [0.2, 0.25) is 0 Å². The first-order valence-electron chi connectivity index (χ1n) is 8.61. The molecule has 7 nitrogen and oxygen atoms in total. The van der Waals surface area contributed by atoms with E-state index in [-0.39, 0.29) is 0 Å². The maximum Gasteiger partial charge on any atom is 0.279 e. The monoisotopic (exact) mass is 386 g/mol. The third-order valence-electron chi connectivity index (χ3n) is 3.80. The second kappa shape index (κ2) is 8.90. The highest BCUT2D eigenvalue weighted by Gasteiger charge is 2.15. The zero-order valence-corrected chi connectivity index (χ0v) is 15.1. The van der Waals surface area contributed by atoms with Crippen molar-refractivity contribution in [3.8, 4) is 17.2 Å². The molecule has 3 rings (SSSR count). The minimum Gasteiger partial charge on any atom is -0.486 e. The Hall–Kier alpha value is -3.55. The third kappa shape index (κ3) is 5.23. The van der Waals surface area contributed by atoms with Crippen molar-refractivity contribution in [3.63, 3.8) is 0 Å². The van der Waals surface area contributed by atoms with E-state index in [1.54, 1.807) is 24.3 Å². The predicted octanol–water partition coefficient (Wildman–Crippen LogP) is 2.22. The Morgan fingerprint density at radius 2 is 1.79 bits per heavy atom. The fraction of sp³-hybridized carbons (Fsp3) is 0.200. The summed E-state index contributed by atoms with van der Waals surface area (Å²) in [6.07, 6.45) is 1.97. The molecule has 2 aromatic carbocycles. The minimum absolute atomic E-state index is 0.342. The zero-order chi connectivity index (χ0) is 19.9. The Bertz CT molecular complexity index is 883. The topological polar surface area (TPSA) is 85.9 Å². The van der Waals surface area contributed by atoms with E-state index in [1.807, 2.05) is 0 Å². The number of amides is 2. The van der Waals surface area contributed by atoms with Gasteiger partial charge in [-0.2, -0.15) is 0 Å². The second-order valence-electron chi connectivity index (χ2n) is 5.93. The van der Waals surface area contributed by atoms with Crippen molar-refractivity contribution in [3.05, 3.63) is 59.9 Å². The average Bonchev–Trinajstić information content (AvgIpc) is 2.71. The Labute approximate surface area is 161 Å². The van der Waals surface area contributed by atoms with Crippen molar-refractivity contribution in [2.24, 2.45) is 0 Å². The number of fused-ring (bicyclic) bond motifs is 1. The molecule has 2 aromatic rings. The van der Waals surface area contributed by atoms with E-state index < -0.39 is 23.7 Å². The van der Waals surface area contributed by atoms with Crippen LogP contribution in [0.1, 0.15) is 12.5 Å². The van der Waals surface area contributed by atoms with E-state index in [0.717, 1.165) is 5.56 Å². The van der Waals surface area contributed by atoms with Gasteiger partial charge in [-0.25, -0.2) is 4.39 Å². The summed E-state index contributed by atoms with van der Waals surface area (Å²) in [5.41, 5.74) is 5.28. The first-order chi connectivity index (χ1) is 13.5.